The minimum atomic E-state index is -0.863. The van der Waals surface area contributed by atoms with Gasteiger partial charge in [0.25, 0.3) is 5.91 Å². The van der Waals surface area contributed by atoms with E-state index in [1.54, 1.807) is 38.3 Å². The van der Waals surface area contributed by atoms with Crippen molar-refractivity contribution in [1.82, 2.24) is 5.32 Å². The maximum absolute atomic E-state index is 12.3. The minimum Gasteiger partial charge on any atom is -0.497 e. The van der Waals surface area contributed by atoms with Crippen molar-refractivity contribution in [2.24, 2.45) is 0 Å². The Morgan fingerprint density at radius 3 is 2.27 bits per heavy atom. The van der Waals surface area contributed by atoms with E-state index in [0.29, 0.717) is 17.9 Å². The molecule has 0 aliphatic carbocycles. The molecule has 0 aliphatic heterocycles. The number of rotatable bonds is 8. The van der Waals surface area contributed by atoms with Gasteiger partial charge < -0.3 is 14.8 Å². The molecule has 0 unspecified atom stereocenters. The number of esters is 1. The van der Waals surface area contributed by atoms with Crippen LogP contribution >= 0.6 is 0 Å². The normalized spacial score (nSPS) is 12.7. The lowest BCUT2D eigenvalue weighted by Gasteiger charge is -2.18. The zero-order valence-electron chi connectivity index (χ0n) is 15.4. The number of carbonyl (C=O) groups is 2. The minimum absolute atomic E-state index is 0.227. The molecular weight excluding hydrogens is 330 g/mol. The molecule has 1 N–H and O–H groups in total. The molecule has 0 aliphatic rings. The smallest absolute Gasteiger partial charge is 0.338 e. The Bertz CT molecular complexity index is 713. The van der Waals surface area contributed by atoms with E-state index in [2.05, 4.69) is 12.2 Å². The first kappa shape index (κ1) is 19.5. The van der Waals surface area contributed by atoms with E-state index in [-0.39, 0.29) is 11.8 Å². The van der Waals surface area contributed by atoms with Crippen LogP contribution in [0.25, 0.3) is 0 Å². The molecular formula is C21H25NO4. The lowest BCUT2D eigenvalue weighted by Crippen LogP contribution is -2.38. The highest BCUT2D eigenvalue weighted by molar-refractivity contribution is 5.92. The highest BCUT2D eigenvalue weighted by atomic mass is 16.5. The van der Waals surface area contributed by atoms with Crippen molar-refractivity contribution >= 4 is 11.9 Å². The molecule has 0 heterocycles. The zero-order chi connectivity index (χ0) is 18.9. The van der Waals surface area contributed by atoms with Gasteiger partial charge in [0.2, 0.25) is 0 Å². The lowest BCUT2D eigenvalue weighted by atomic mass is 9.96. The van der Waals surface area contributed by atoms with Crippen LogP contribution in [0.1, 0.15) is 42.1 Å². The third kappa shape index (κ3) is 5.34. The van der Waals surface area contributed by atoms with Gasteiger partial charge in [-0.15, -0.1) is 0 Å². The standard InChI is InChI=1S/C21H25NO4/c1-4-16(17-8-6-5-7-9-17)14-22-20(23)15(2)26-21(24)18-10-12-19(25-3)13-11-18/h5-13,15-16H,4,14H2,1-3H3,(H,22,23)/t15-,16+/m0/s1. The summed E-state index contributed by atoms with van der Waals surface area (Å²) in [7, 11) is 1.55. The summed E-state index contributed by atoms with van der Waals surface area (Å²) in [6.45, 7) is 4.15. The van der Waals surface area contributed by atoms with Gasteiger partial charge in [-0.25, -0.2) is 4.79 Å². The van der Waals surface area contributed by atoms with Gasteiger partial charge >= 0.3 is 5.97 Å². The number of methoxy groups -OCH3 is 1. The fourth-order valence-corrected chi connectivity index (χ4v) is 2.60. The van der Waals surface area contributed by atoms with Crippen LogP contribution in [-0.4, -0.2) is 31.6 Å². The van der Waals surface area contributed by atoms with Crippen molar-refractivity contribution in [3.8, 4) is 5.75 Å². The van der Waals surface area contributed by atoms with Crippen molar-refractivity contribution in [3.05, 3.63) is 65.7 Å². The summed E-state index contributed by atoms with van der Waals surface area (Å²) in [6, 6.07) is 16.6. The second kappa shape index (κ2) is 9.61. The molecule has 2 rings (SSSR count). The Morgan fingerprint density at radius 2 is 1.69 bits per heavy atom. The van der Waals surface area contributed by atoms with E-state index in [0.717, 1.165) is 6.42 Å². The zero-order valence-corrected chi connectivity index (χ0v) is 15.4. The van der Waals surface area contributed by atoms with Crippen LogP contribution < -0.4 is 10.1 Å². The summed E-state index contributed by atoms with van der Waals surface area (Å²) in [5, 5.41) is 2.87. The average Bonchev–Trinajstić information content (AvgIpc) is 2.69. The molecule has 0 spiro atoms. The molecule has 0 bridgehead atoms. The van der Waals surface area contributed by atoms with Crippen molar-refractivity contribution in [3.63, 3.8) is 0 Å². The van der Waals surface area contributed by atoms with E-state index < -0.39 is 12.1 Å². The van der Waals surface area contributed by atoms with Crippen LogP contribution in [0.5, 0.6) is 5.75 Å². The first-order chi connectivity index (χ1) is 12.5. The number of carbonyl (C=O) groups excluding carboxylic acids is 2. The van der Waals surface area contributed by atoms with Crippen molar-refractivity contribution < 1.29 is 19.1 Å². The first-order valence-electron chi connectivity index (χ1n) is 8.72. The number of hydrogen-bond donors (Lipinski definition) is 1. The highest BCUT2D eigenvalue weighted by Gasteiger charge is 2.20. The monoisotopic (exact) mass is 355 g/mol. The molecule has 0 saturated heterocycles. The molecule has 2 aromatic carbocycles. The topological polar surface area (TPSA) is 64.6 Å². The van der Waals surface area contributed by atoms with Crippen LogP contribution in [-0.2, 0) is 9.53 Å². The van der Waals surface area contributed by atoms with Crippen molar-refractivity contribution in [1.29, 1.82) is 0 Å². The number of nitrogens with one attached hydrogen (secondary N) is 1. The van der Waals surface area contributed by atoms with Gasteiger partial charge in [0.05, 0.1) is 12.7 Å². The second-order valence-corrected chi connectivity index (χ2v) is 6.04. The molecule has 26 heavy (non-hydrogen) atoms. The Kier molecular flexibility index (Phi) is 7.21. The van der Waals surface area contributed by atoms with Gasteiger partial charge in [0, 0.05) is 12.5 Å². The molecule has 0 radical (unpaired) electrons. The molecule has 1 amide bonds. The first-order valence-corrected chi connectivity index (χ1v) is 8.72. The predicted molar refractivity (Wildman–Crippen MR) is 100 cm³/mol. The van der Waals surface area contributed by atoms with Gasteiger partial charge in [0.15, 0.2) is 6.10 Å². The third-order valence-corrected chi connectivity index (χ3v) is 4.27. The Balaban J connectivity index is 1.87. The number of hydrogen-bond acceptors (Lipinski definition) is 4. The van der Waals surface area contributed by atoms with Gasteiger partial charge in [-0.1, -0.05) is 37.3 Å². The Morgan fingerprint density at radius 1 is 1.04 bits per heavy atom. The summed E-state index contributed by atoms with van der Waals surface area (Å²) >= 11 is 0. The summed E-state index contributed by atoms with van der Waals surface area (Å²) in [4.78, 5) is 24.4. The molecule has 5 heteroatoms. The van der Waals surface area contributed by atoms with Gasteiger partial charge in [-0.2, -0.15) is 0 Å². The van der Waals surface area contributed by atoms with Crippen LogP contribution in [0.4, 0.5) is 0 Å². The fourth-order valence-electron chi connectivity index (χ4n) is 2.60. The van der Waals surface area contributed by atoms with Crippen LogP contribution in [0.15, 0.2) is 54.6 Å². The Hall–Kier alpha value is -2.82. The quantitative estimate of drug-likeness (QED) is 0.736. The largest absolute Gasteiger partial charge is 0.497 e. The van der Waals surface area contributed by atoms with Gasteiger partial charge in [-0.05, 0) is 43.2 Å². The molecule has 0 fully saturated rings. The lowest BCUT2D eigenvalue weighted by molar-refractivity contribution is -0.129. The van der Waals surface area contributed by atoms with Crippen LogP contribution in [0.3, 0.4) is 0 Å². The third-order valence-electron chi connectivity index (χ3n) is 4.27. The average molecular weight is 355 g/mol. The van der Waals surface area contributed by atoms with E-state index in [1.807, 2.05) is 30.3 Å². The predicted octanol–water partition coefficient (Wildman–Crippen LogP) is 3.55. The number of amides is 1. The van der Waals surface area contributed by atoms with Gasteiger partial charge in [0.1, 0.15) is 5.75 Å². The van der Waals surface area contributed by atoms with E-state index in [9.17, 15) is 9.59 Å². The number of ether oxygens (including phenoxy) is 2. The van der Waals surface area contributed by atoms with Crippen molar-refractivity contribution in [2.75, 3.05) is 13.7 Å². The number of benzene rings is 2. The highest BCUT2D eigenvalue weighted by Crippen LogP contribution is 2.18. The van der Waals surface area contributed by atoms with Gasteiger partial charge in [-0.3, -0.25) is 4.79 Å². The van der Waals surface area contributed by atoms with E-state index >= 15 is 0 Å². The van der Waals surface area contributed by atoms with E-state index in [1.165, 1.54) is 5.56 Å². The molecule has 0 aromatic heterocycles. The fraction of sp³-hybridized carbons (Fsp3) is 0.333. The maximum Gasteiger partial charge on any atom is 0.338 e. The summed E-state index contributed by atoms with van der Waals surface area (Å²) < 4.78 is 10.3. The SMILES string of the molecule is CC[C@H](CNC(=O)[C@H](C)OC(=O)c1ccc(OC)cc1)c1ccccc1. The second-order valence-electron chi connectivity index (χ2n) is 6.04. The molecule has 2 aromatic rings. The molecule has 0 saturated carbocycles. The van der Waals surface area contributed by atoms with Crippen LogP contribution in [0.2, 0.25) is 0 Å². The summed E-state index contributed by atoms with van der Waals surface area (Å²) in [6.07, 6.45) is 0.0440. The Labute approximate surface area is 154 Å². The van der Waals surface area contributed by atoms with Crippen LogP contribution in [0, 0.1) is 0 Å². The molecule has 5 nitrogen and oxygen atoms in total. The summed E-state index contributed by atoms with van der Waals surface area (Å²) in [5.41, 5.74) is 1.55. The maximum atomic E-state index is 12.3. The molecule has 2 atom stereocenters. The van der Waals surface area contributed by atoms with Crippen molar-refractivity contribution in [2.45, 2.75) is 32.3 Å². The summed E-state index contributed by atoms with van der Waals surface area (Å²) in [5.74, 6) is 0.0372. The van der Waals surface area contributed by atoms with E-state index in [4.69, 9.17) is 9.47 Å². The molecule has 138 valence electrons.